The first kappa shape index (κ1) is 12.4. The number of aromatic nitrogens is 1. The van der Waals surface area contributed by atoms with E-state index in [4.69, 9.17) is 10.7 Å². The number of hydrogen-bond acceptors (Lipinski definition) is 4. The maximum atomic E-state index is 5.87. The van der Waals surface area contributed by atoms with E-state index in [1.165, 1.54) is 41.4 Å². The van der Waals surface area contributed by atoms with Crippen molar-refractivity contribution < 1.29 is 0 Å². The fraction of sp³-hybridized carbons (Fsp3) is 0.786. The SMILES string of the molecule is CC(C)CN(c1nc(C2CC2)c(CN)s1)C1CC1. The number of anilines is 1. The molecule has 100 valence electrons. The Morgan fingerprint density at radius 3 is 2.56 bits per heavy atom. The smallest absolute Gasteiger partial charge is 0.186 e. The van der Waals surface area contributed by atoms with Crippen molar-refractivity contribution in [2.24, 2.45) is 11.7 Å². The number of nitrogens with zero attached hydrogens (tertiary/aromatic N) is 2. The third-order valence-electron chi connectivity index (χ3n) is 3.66. The van der Waals surface area contributed by atoms with Gasteiger partial charge in [0.15, 0.2) is 5.13 Å². The molecule has 0 spiro atoms. The molecule has 0 bridgehead atoms. The van der Waals surface area contributed by atoms with E-state index in [0.717, 1.165) is 12.6 Å². The van der Waals surface area contributed by atoms with Gasteiger partial charge < -0.3 is 10.6 Å². The Bertz CT molecular complexity index is 419. The Labute approximate surface area is 113 Å². The Balaban J connectivity index is 1.84. The fourth-order valence-electron chi connectivity index (χ4n) is 2.46. The lowest BCUT2D eigenvalue weighted by molar-refractivity contribution is 0.606. The summed E-state index contributed by atoms with van der Waals surface area (Å²) in [4.78, 5) is 8.77. The highest BCUT2D eigenvalue weighted by Gasteiger charge is 2.34. The molecule has 0 amide bonds. The van der Waals surface area contributed by atoms with Crippen molar-refractivity contribution >= 4 is 16.5 Å². The Hall–Kier alpha value is -0.610. The molecular formula is C14H23N3S. The fourth-order valence-corrected chi connectivity index (χ4v) is 3.56. The number of hydrogen-bond donors (Lipinski definition) is 1. The van der Waals surface area contributed by atoms with Crippen LogP contribution in [0.15, 0.2) is 0 Å². The number of rotatable bonds is 6. The van der Waals surface area contributed by atoms with E-state index in [0.29, 0.717) is 18.4 Å². The molecule has 0 aromatic carbocycles. The third-order valence-corrected chi connectivity index (χ3v) is 4.79. The maximum absolute atomic E-state index is 5.87. The van der Waals surface area contributed by atoms with Crippen LogP contribution in [0, 0.1) is 5.92 Å². The van der Waals surface area contributed by atoms with Crippen LogP contribution in [-0.2, 0) is 6.54 Å². The summed E-state index contributed by atoms with van der Waals surface area (Å²) in [5, 5.41) is 1.23. The normalized spacial score (nSPS) is 19.6. The molecule has 0 radical (unpaired) electrons. The van der Waals surface area contributed by atoms with Crippen LogP contribution in [-0.4, -0.2) is 17.6 Å². The van der Waals surface area contributed by atoms with Crippen LogP contribution in [0.2, 0.25) is 0 Å². The minimum Gasteiger partial charge on any atom is -0.345 e. The van der Waals surface area contributed by atoms with E-state index in [1.54, 1.807) is 0 Å². The zero-order valence-electron chi connectivity index (χ0n) is 11.4. The summed E-state index contributed by atoms with van der Waals surface area (Å²) < 4.78 is 0. The van der Waals surface area contributed by atoms with Gasteiger partial charge in [-0.05, 0) is 31.6 Å². The number of thiazole rings is 1. The zero-order valence-corrected chi connectivity index (χ0v) is 12.2. The van der Waals surface area contributed by atoms with E-state index in [1.807, 2.05) is 11.3 Å². The van der Waals surface area contributed by atoms with E-state index in [2.05, 4.69) is 18.7 Å². The molecule has 0 aliphatic heterocycles. The van der Waals surface area contributed by atoms with Gasteiger partial charge in [-0.2, -0.15) is 0 Å². The van der Waals surface area contributed by atoms with Crippen molar-refractivity contribution in [3.63, 3.8) is 0 Å². The highest BCUT2D eigenvalue weighted by molar-refractivity contribution is 7.15. The first-order chi connectivity index (χ1) is 8.69. The summed E-state index contributed by atoms with van der Waals surface area (Å²) in [6.45, 7) is 6.36. The highest BCUT2D eigenvalue weighted by Crippen LogP contribution is 2.45. The topological polar surface area (TPSA) is 42.2 Å². The van der Waals surface area contributed by atoms with Gasteiger partial charge >= 0.3 is 0 Å². The Morgan fingerprint density at radius 1 is 1.33 bits per heavy atom. The molecule has 2 aliphatic rings. The van der Waals surface area contributed by atoms with Gasteiger partial charge in [0.1, 0.15) is 0 Å². The molecule has 0 unspecified atom stereocenters. The standard InChI is InChI=1S/C14H23N3S/c1-9(2)8-17(11-5-6-11)14-16-13(10-3-4-10)12(7-15)18-14/h9-11H,3-8,15H2,1-2H3. The molecule has 3 nitrogen and oxygen atoms in total. The summed E-state index contributed by atoms with van der Waals surface area (Å²) in [6.07, 6.45) is 5.29. The minimum absolute atomic E-state index is 0.656. The van der Waals surface area contributed by atoms with Gasteiger partial charge in [0.05, 0.1) is 5.69 Å². The second-order valence-electron chi connectivity index (χ2n) is 6.06. The van der Waals surface area contributed by atoms with Crippen molar-refractivity contribution in [3.05, 3.63) is 10.6 Å². The van der Waals surface area contributed by atoms with Crippen LogP contribution >= 0.6 is 11.3 Å². The molecule has 4 heteroatoms. The molecule has 2 aliphatic carbocycles. The average Bonchev–Trinajstić information content (AvgIpc) is 3.22. The molecule has 0 atom stereocenters. The summed E-state index contributed by atoms with van der Waals surface area (Å²) >= 11 is 1.84. The van der Waals surface area contributed by atoms with Crippen LogP contribution < -0.4 is 10.6 Å². The van der Waals surface area contributed by atoms with E-state index in [9.17, 15) is 0 Å². The highest BCUT2D eigenvalue weighted by atomic mass is 32.1. The van der Waals surface area contributed by atoms with E-state index < -0.39 is 0 Å². The second kappa shape index (κ2) is 4.82. The Morgan fingerprint density at radius 2 is 2.06 bits per heavy atom. The minimum atomic E-state index is 0.656. The van der Waals surface area contributed by atoms with Gasteiger partial charge in [-0.25, -0.2) is 4.98 Å². The van der Waals surface area contributed by atoms with Gasteiger partial charge in [0, 0.05) is 29.9 Å². The molecular weight excluding hydrogens is 242 g/mol. The van der Waals surface area contributed by atoms with Crippen molar-refractivity contribution in [1.82, 2.24) is 4.98 Å². The molecule has 1 aromatic heterocycles. The lowest BCUT2D eigenvalue weighted by atomic mass is 10.2. The van der Waals surface area contributed by atoms with Crippen LogP contribution in [0.1, 0.15) is 56.0 Å². The van der Waals surface area contributed by atoms with Gasteiger partial charge in [-0.15, -0.1) is 11.3 Å². The molecule has 2 N–H and O–H groups in total. The van der Waals surface area contributed by atoms with E-state index in [-0.39, 0.29) is 0 Å². The van der Waals surface area contributed by atoms with Crippen LogP contribution in [0.3, 0.4) is 0 Å². The molecule has 2 fully saturated rings. The molecule has 1 heterocycles. The lowest BCUT2D eigenvalue weighted by Crippen LogP contribution is -2.29. The van der Waals surface area contributed by atoms with Crippen molar-refractivity contribution in [3.8, 4) is 0 Å². The van der Waals surface area contributed by atoms with Gasteiger partial charge in [-0.3, -0.25) is 0 Å². The molecule has 3 rings (SSSR count). The van der Waals surface area contributed by atoms with Crippen molar-refractivity contribution in [1.29, 1.82) is 0 Å². The lowest BCUT2D eigenvalue weighted by Gasteiger charge is -2.23. The van der Waals surface area contributed by atoms with Crippen LogP contribution in [0.4, 0.5) is 5.13 Å². The largest absolute Gasteiger partial charge is 0.345 e. The predicted octanol–water partition coefficient (Wildman–Crippen LogP) is 3.10. The molecule has 18 heavy (non-hydrogen) atoms. The quantitative estimate of drug-likeness (QED) is 0.859. The Kier molecular flexibility index (Phi) is 3.32. The summed E-state index contributed by atoms with van der Waals surface area (Å²) in [5.41, 5.74) is 7.19. The summed E-state index contributed by atoms with van der Waals surface area (Å²) in [6, 6.07) is 0.747. The molecule has 2 saturated carbocycles. The van der Waals surface area contributed by atoms with Gasteiger partial charge in [-0.1, -0.05) is 13.8 Å². The van der Waals surface area contributed by atoms with Gasteiger partial charge in [0.2, 0.25) is 0 Å². The molecule has 0 saturated heterocycles. The van der Waals surface area contributed by atoms with Crippen molar-refractivity contribution in [2.75, 3.05) is 11.4 Å². The summed E-state index contributed by atoms with van der Waals surface area (Å²) in [7, 11) is 0. The number of nitrogens with two attached hydrogens (primary N) is 1. The monoisotopic (exact) mass is 265 g/mol. The maximum Gasteiger partial charge on any atom is 0.186 e. The third kappa shape index (κ3) is 2.54. The van der Waals surface area contributed by atoms with E-state index >= 15 is 0 Å². The predicted molar refractivity (Wildman–Crippen MR) is 77.2 cm³/mol. The first-order valence-corrected chi connectivity index (χ1v) is 7.97. The zero-order chi connectivity index (χ0) is 12.7. The van der Waals surface area contributed by atoms with Gasteiger partial charge in [0.25, 0.3) is 0 Å². The van der Waals surface area contributed by atoms with Crippen LogP contribution in [0.5, 0.6) is 0 Å². The van der Waals surface area contributed by atoms with Crippen LogP contribution in [0.25, 0.3) is 0 Å². The summed E-state index contributed by atoms with van der Waals surface area (Å²) in [5.74, 6) is 1.41. The van der Waals surface area contributed by atoms with Crippen molar-refractivity contribution in [2.45, 2.75) is 58.0 Å². The first-order valence-electron chi connectivity index (χ1n) is 7.15. The molecule has 1 aromatic rings. The second-order valence-corrected chi connectivity index (χ2v) is 7.12. The average molecular weight is 265 g/mol.